The van der Waals surface area contributed by atoms with E-state index in [4.69, 9.17) is 16.6 Å². The van der Waals surface area contributed by atoms with Gasteiger partial charge in [-0.2, -0.15) is 11.8 Å². The van der Waals surface area contributed by atoms with Crippen LogP contribution in [0.5, 0.6) is 0 Å². The fourth-order valence-corrected chi connectivity index (χ4v) is 1.95. The molecule has 6 nitrogen and oxygen atoms in total. The summed E-state index contributed by atoms with van der Waals surface area (Å²) in [6.45, 7) is 1.76. The highest BCUT2D eigenvalue weighted by atomic mass is 32.2. The van der Waals surface area contributed by atoms with Crippen LogP contribution < -0.4 is 11.5 Å². The van der Waals surface area contributed by atoms with E-state index in [0.29, 0.717) is 23.1 Å². The topological polar surface area (TPSA) is 115 Å². The molecule has 0 aliphatic heterocycles. The first-order valence-electron chi connectivity index (χ1n) is 4.65. The number of nitrogens with zero attached hydrogens (tertiary/aromatic N) is 2. The van der Waals surface area contributed by atoms with Gasteiger partial charge in [-0.3, -0.25) is 4.79 Å². The summed E-state index contributed by atoms with van der Waals surface area (Å²) in [6, 6.07) is -0.849. The highest BCUT2D eigenvalue weighted by molar-refractivity contribution is 7.98. The highest BCUT2D eigenvalue weighted by Gasteiger charge is 2.11. The van der Waals surface area contributed by atoms with Gasteiger partial charge in [0.15, 0.2) is 0 Å². The summed E-state index contributed by atoms with van der Waals surface area (Å²) in [6.07, 6.45) is 1.65. The predicted octanol–water partition coefficient (Wildman–Crippen LogP) is 0.0123. The number of carboxylic acids is 1. The fraction of sp³-hybridized carbons (Fsp3) is 0.444. The number of aromatic nitrogens is 2. The molecule has 1 aromatic heterocycles. The summed E-state index contributed by atoms with van der Waals surface area (Å²) in [4.78, 5) is 18.5. The van der Waals surface area contributed by atoms with Crippen LogP contribution in [0.15, 0.2) is 6.20 Å². The van der Waals surface area contributed by atoms with Crippen molar-refractivity contribution < 1.29 is 9.90 Å². The van der Waals surface area contributed by atoms with Crippen LogP contribution in [0, 0.1) is 6.92 Å². The number of anilines is 1. The van der Waals surface area contributed by atoms with E-state index >= 15 is 0 Å². The first kappa shape index (κ1) is 12.7. The maximum atomic E-state index is 10.5. The molecule has 0 aromatic carbocycles. The number of hydrogen-bond acceptors (Lipinski definition) is 6. The Labute approximate surface area is 97.5 Å². The molecule has 88 valence electrons. The van der Waals surface area contributed by atoms with Crippen LogP contribution in [0.3, 0.4) is 0 Å². The van der Waals surface area contributed by atoms with Crippen LogP contribution in [0.1, 0.15) is 11.4 Å². The molecular formula is C9H14N4O2S. The summed E-state index contributed by atoms with van der Waals surface area (Å²) in [5.74, 6) is 0.952. The summed E-state index contributed by atoms with van der Waals surface area (Å²) in [7, 11) is 0. The van der Waals surface area contributed by atoms with Crippen molar-refractivity contribution in [3.8, 4) is 0 Å². The van der Waals surface area contributed by atoms with Gasteiger partial charge in [0.1, 0.15) is 17.7 Å². The first-order valence-corrected chi connectivity index (χ1v) is 5.80. The molecule has 0 saturated heterocycles. The van der Waals surface area contributed by atoms with E-state index in [0.717, 1.165) is 5.56 Å². The zero-order valence-electron chi connectivity index (χ0n) is 8.88. The lowest BCUT2D eigenvalue weighted by atomic mass is 10.3. The number of nitrogens with two attached hydrogens (primary N) is 2. The van der Waals surface area contributed by atoms with Crippen molar-refractivity contribution in [3.63, 3.8) is 0 Å². The van der Waals surface area contributed by atoms with Crippen LogP contribution in [-0.4, -0.2) is 32.8 Å². The van der Waals surface area contributed by atoms with E-state index in [2.05, 4.69) is 9.97 Å². The molecule has 1 unspecified atom stereocenters. The zero-order chi connectivity index (χ0) is 12.1. The zero-order valence-corrected chi connectivity index (χ0v) is 9.70. The predicted molar refractivity (Wildman–Crippen MR) is 63.0 cm³/mol. The average Bonchev–Trinajstić information content (AvgIpc) is 2.20. The normalized spacial score (nSPS) is 12.4. The van der Waals surface area contributed by atoms with E-state index in [9.17, 15) is 4.79 Å². The van der Waals surface area contributed by atoms with Gasteiger partial charge in [-0.15, -0.1) is 0 Å². The van der Waals surface area contributed by atoms with Crippen molar-refractivity contribution in [2.45, 2.75) is 18.7 Å². The monoisotopic (exact) mass is 242 g/mol. The third-order valence-corrected chi connectivity index (χ3v) is 3.00. The lowest BCUT2D eigenvalue weighted by Gasteiger charge is -2.07. The van der Waals surface area contributed by atoms with Gasteiger partial charge in [-0.05, 0) is 6.92 Å². The SMILES string of the molecule is Cc1ncc(CSCC(N)C(=O)O)c(N)n1. The Hall–Kier alpha value is -1.34. The molecular weight excluding hydrogens is 228 g/mol. The van der Waals surface area contributed by atoms with E-state index < -0.39 is 12.0 Å². The summed E-state index contributed by atoms with van der Waals surface area (Å²) in [5, 5.41) is 8.58. The highest BCUT2D eigenvalue weighted by Crippen LogP contribution is 2.16. The Kier molecular flexibility index (Phi) is 4.51. The molecule has 16 heavy (non-hydrogen) atoms. The number of rotatable bonds is 5. The molecule has 0 amide bonds. The van der Waals surface area contributed by atoms with Crippen LogP contribution in [0.4, 0.5) is 5.82 Å². The molecule has 1 heterocycles. The van der Waals surface area contributed by atoms with E-state index in [1.165, 1.54) is 11.8 Å². The van der Waals surface area contributed by atoms with Crippen molar-refractivity contribution in [2.24, 2.45) is 5.73 Å². The Morgan fingerprint density at radius 2 is 2.38 bits per heavy atom. The fourth-order valence-electron chi connectivity index (χ4n) is 0.991. The molecule has 0 radical (unpaired) electrons. The Bertz CT molecular complexity index is 386. The molecule has 0 aliphatic rings. The second-order valence-electron chi connectivity index (χ2n) is 3.29. The summed E-state index contributed by atoms with van der Waals surface area (Å²) >= 11 is 1.40. The lowest BCUT2D eigenvalue weighted by Crippen LogP contribution is -2.32. The van der Waals surface area contributed by atoms with Crippen LogP contribution in [0.25, 0.3) is 0 Å². The Morgan fingerprint density at radius 1 is 1.69 bits per heavy atom. The summed E-state index contributed by atoms with van der Waals surface area (Å²) < 4.78 is 0. The molecule has 7 heteroatoms. The van der Waals surface area contributed by atoms with Gasteiger partial charge in [0, 0.05) is 23.3 Å². The quantitative estimate of drug-likeness (QED) is 0.666. The van der Waals surface area contributed by atoms with Gasteiger partial charge in [0.05, 0.1) is 0 Å². The van der Waals surface area contributed by atoms with Gasteiger partial charge in [-0.25, -0.2) is 9.97 Å². The van der Waals surface area contributed by atoms with E-state index in [1.54, 1.807) is 13.1 Å². The molecule has 0 fully saturated rings. The van der Waals surface area contributed by atoms with Crippen molar-refractivity contribution in [1.29, 1.82) is 0 Å². The van der Waals surface area contributed by atoms with Crippen molar-refractivity contribution in [2.75, 3.05) is 11.5 Å². The van der Waals surface area contributed by atoms with Gasteiger partial charge >= 0.3 is 5.97 Å². The van der Waals surface area contributed by atoms with Crippen molar-refractivity contribution in [3.05, 3.63) is 17.6 Å². The minimum atomic E-state index is -0.999. The Morgan fingerprint density at radius 3 is 2.94 bits per heavy atom. The third-order valence-electron chi connectivity index (χ3n) is 1.89. The molecule has 1 atom stereocenters. The van der Waals surface area contributed by atoms with Crippen LogP contribution in [0.2, 0.25) is 0 Å². The average molecular weight is 242 g/mol. The molecule has 1 rings (SSSR count). The van der Waals surface area contributed by atoms with E-state index in [1.807, 2.05) is 0 Å². The third kappa shape index (κ3) is 3.67. The van der Waals surface area contributed by atoms with Crippen molar-refractivity contribution in [1.82, 2.24) is 9.97 Å². The number of hydrogen-bond donors (Lipinski definition) is 3. The number of aryl methyl sites for hydroxylation is 1. The van der Waals surface area contributed by atoms with E-state index in [-0.39, 0.29) is 0 Å². The molecule has 0 bridgehead atoms. The van der Waals surface area contributed by atoms with Crippen LogP contribution in [-0.2, 0) is 10.5 Å². The van der Waals surface area contributed by atoms with Gasteiger partial charge < -0.3 is 16.6 Å². The minimum absolute atomic E-state index is 0.336. The second kappa shape index (κ2) is 5.66. The number of carboxylic acid groups (broad SMARTS) is 1. The minimum Gasteiger partial charge on any atom is -0.480 e. The maximum Gasteiger partial charge on any atom is 0.321 e. The van der Waals surface area contributed by atoms with Crippen LogP contribution >= 0.6 is 11.8 Å². The molecule has 0 spiro atoms. The number of nitrogen functional groups attached to an aromatic ring is 1. The standard InChI is InChI=1S/C9H14N4O2S/c1-5-12-2-6(8(11)13-5)3-16-4-7(10)9(14)15/h2,7H,3-4,10H2,1H3,(H,14,15)(H2,11,12,13). The Balaban J connectivity index is 2.46. The molecule has 0 saturated carbocycles. The summed E-state index contributed by atoms with van der Waals surface area (Å²) in [5.41, 5.74) is 11.8. The molecule has 0 aliphatic carbocycles. The number of carbonyl (C=O) groups is 1. The maximum absolute atomic E-state index is 10.5. The molecule has 1 aromatic rings. The van der Waals surface area contributed by atoms with Gasteiger partial charge in [0.2, 0.25) is 0 Å². The van der Waals surface area contributed by atoms with Gasteiger partial charge in [0.25, 0.3) is 0 Å². The first-order chi connectivity index (χ1) is 7.50. The largest absolute Gasteiger partial charge is 0.480 e. The second-order valence-corrected chi connectivity index (χ2v) is 4.32. The van der Waals surface area contributed by atoms with Gasteiger partial charge in [-0.1, -0.05) is 0 Å². The smallest absolute Gasteiger partial charge is 0.321 e. The number of thioether (sulfide) groups is 1. The molecule has 5 N–H and O–H groups in total. The lowest BCUT2D eigenvalue weighted by molar-refractivity contribution is -0.137. The number of aliphatic carboxylic acids is 1. The van der Waals surface area contributed by atoms with Crippen molar-refractivity contribution >= 4 is 23.5 Å².